The quantitative estimate of drug-likeness (QED) is 0.409. The zero-order valence-electron chi connectivity index (χ0n) is 19.6. The Labute approximate surface area is 200 Å². The van der Waals surface area contributed by atoms with E-state index in [1.165, 1.54) is 5.56 Å². The summed E-state index contributed by atoms with van der Waals surface area (Å²) in [5.41, 5.74) is 4.41. The maximum atomic E-state index is 12.6. The number of carboxylic acids is 1. The number of carbonyl (C=O) groups excluding carboxylic acids is 1. The lowest BCUT2D eigenvalue weighted by atomic mass is 10.1. The number of amides is 2. The van der Waals surface area contributed by atoms with Crippen LogP contribution in [-0.2, 0) is 22.4 Å². The second-order valence-electron chi connectivity index (χ2n) is 7.97. The maximum Gasteiger partial charge on any atom is 0.333 e. The van der Waals surface area contributed by atoms with Gasteiger partial charge in [0.15, 0.2) is 6.10 Å². The molecule has 0 radical (unpaired) electrons. The molecule has 2 aromatic carbocycles. The van der Waals surface area contributed by atoms with Gasteiger partial charge in [-0.3, -0.25) is 9.88 Å². The monoisotopic (exact) mass is 461 g/mol. The molecule has 0 aliphatic carbocycles. The minimum atomic E-state index is -0.986. The number of pyridine rings is 1. The Hall–Kier alpha value is -3.71. The molecule has 0 aliphatic rings. The highest BCUT2D eigenvalue weighted by molar-refractivity contribution is 5.92. The summed E-state index contributed by atoms with van der Waals surface area (Å²) in [4.78, 5) is 30.0. The average Bonchev–Trinajstić information content (AvgIpc) is 2.87. The normalized spacial score (nSPS) is 11.6. The molecular weight excluding hydrogens is 430 g/mol. The number of anilines is 1. The zero-order valence-corrected chi connectivity index (χ0v) is 19.6. The van der Waals surface area contributed by atoms with Gasteiger partial charge in [-0.2, -0.15) is 0 Å². The van der Waals surface area contributed by atoms with Gasteiger partial charge in [-0.1, -0.05) is 48.5 Å². The van der Waals surface area contributed by atoms with Gasteiger partial charge in [0, 0.05) is 44.1 Å². The molecule has 7 nitrogen and oxygen atoms in total. The van der Waals surface area contributed by atoms with Crippen molar-refractivity contribution in [3.8, 4) is 11.3 Å². The van der Waals surface area contributed by atoms with Crippen LogP contribution in [0.5, 0.6) is 0 Å². The molecule has 2 amide bonds. The van der Waals surface area contributed by atoms with Crippen LogP contribution in [0.3, 0.4) is 0 Å². The van der Waals surface area contributed by atoms with E-state index in [9.17, 15) is 14.7 Å². The van der Waals surface area contributed by atoms with E-state index in [0.29, 0.717) is 13.2 Å². The largest absolute Gasteiger partial charge is 0.479 e. The number of aryl methyl sites for hydroxylation is 1. The molecule has 0 spiro atoms. The summed E-state index contributed by atoms with van der Waals surface area (Å²) in [6, 6.07) is 21.3. The summed E-state index contributed by atoms with van der Waals surface area (Å²) in [5.74, 6) is -0.986. The first kappa shape index (κ1) is 24.9. The minimum absolute atomic E-state index is 0.163. The van der Waals surface area contributed by atoms with Gasteiger partial charge in [0.05, 0.1) is 5.69 Å². The Kier molecular flexibility index (Phi) is 9.17. The number of ether oxygens (including phenoxy) is 1. The topological polar surface area (TPSA) is 91.8 Å². The van der Waals surface area contributed by atoms with E-state index in [-0.39, 0.29) is 12.5 Å². The van der Waals surface area contributed by atoms with Gasteiger partial charge in [-0.15, -0.1) is 0 Å². The third-order valence-corrected chi connectivity index (χ3v) is 5.48. The van der Waals surface area contributed by atoms with Crippen LogP contribution < -0.4 is 10.2 Å². The number of benzene rings is 2. The number of hydrogen-bond acceptors (Lipinski definition) is 4. The number of rotatable bonds is 11. The highest BCUT2D eigenvalue weighted by Crippen LogP contribution is 2.23. The van der Waals surface area contributed by atoms with Crippen molar-refractivity contribution in [2.75, 3.05) is 25.1 Å². The van der Waals surface area contributed by atoms with Crippen molar-refractivity contribution in [3.05, 3.63) is 84.1 Å². The second kappa shape index (κ2) is 12.5. The number of nitrogens with one attached hydrogen (secondary N) is 1. The number of hydrogen-bond donors (Lipinski definition) is 2. The highest BCUT2D eigenvalue weighted by Gasteiger charge is 2.18. The molecule has 7 heteroatoms. The number of urea groups is 1. The molecule has 0 saturated carbocycles. The molecule has 0 aliphatic heterocycles. The molecule has 1 unspecified atom stereocenters. The molecular formula is C27H31N3O4. The van der Waals surface area contributed by atoms with Crippen LogP contribution in [0.2, 0.25) is 0 Å². The smallest absolute Gasteiger partial charge is 0.333 e. The number of carbonyl (C=O) groups is 2. The Balaban J connectivity index is 1.57. The lowest BCUT2D eigenvalue weighted by Crippen LogP contribution is -2.37. The van der Waals surface area contributed by atoms with Crippen LogP contribution in [0.1, 0.15) is 24.5 Å². The molecule has 0 saturated heterocycles. The molecule has 0 fully saturated rings. The number of aromatic nitrogens is 1. The molecule has 1 aromatic heterocycles. The molecule has 34 heavy (non-hydrogen) atoms. The van der Waals surface area contributed by atoms with Crippen molar-refractivity contribution in [2.24, 2.45) is 0 Å². The van der Waals surface area contributed by atoms with E-state index in [0.717, 1.165) is 35.3 Å². The average molecular weight is 462 g/mol. The standard InChI is InChI=1S/C27H31N3O4/c1-3-34-25(26(31)32)17-21-14-15-24(29-19-21)22-12-7-13-23(18-22)30(2)27(33)28-16-8-11-20-9-5-4-6-10-20/h4-7,9-10,12-15,18-19,25H,3,8,11,16-17H2,1-2H3,(H,28,33)(H,31,32). The third kappa shape index (κ3) is 7.15. The molecule has 3 aromatic rings. The van der Waals surface area contributed by atoms with Crippen molar-refractivity contribution in [1.82, 2.24) is 10.3 Å². The van der Waals surface area contributed by atoms with Crippen LogP contribution in [-0.4, -0.2) is 48.4 Å². The van der Waals surface area contributed by atoms with Crippen LogP contribution in [0, 0.1) is 0 Å². The Morgan fingerprint density at radius 1 is 1.06 bits per heavy atom. The van der Waals surface area contributed by atoms with Crippen LogP contribution in [0.4, 0.5) is 10.5 Å². The maximum absolute atomic E-state index is 12.6. The van der Waals surface area contributed by atoms with Crippen molar-refractivity contribution >= 4 is 17.7 Å². The van der Waals surface area contributed by atoms with Crippen LogP contribution in [0.25, 0.3) is 11.3 Å². The van der Waals surface area contributed by atoms with Gasteiger partial charge in [-0.05, 0) is 49.1 Å². The summed E-state index contributed by atoms with van der Waals surface area (Å²) in [6.45, 7) is 2.70. The Morgan fingerprint density at radius 3 is 2.53 bits per heavy atom. The summed E-state index contributed by atoms with van der Waals surface area (Å²) in [5, 5.41) is 12.2. The van der Waals surface area contributed by atoms with Gasteiger partial charge in [-0.25, -0.2) is 9.59 Å². The van der Waals surface area contributed by atoms with Gasteiger partial charge >= 0.3 is 12.0 Å². The highest BCUT2D eigenvalue weighted by atomic mass is 16.5. The zero-order chi connectivity index (χ0) is 24.3. The molecule has 3 rings (SSSR count). The van der Waals surface area contributed by atoms with Gasteiger partial charge in [0.2, 0.25) is 0 Å². The number of nitrogens with zero attached hydrogens (tertiary/aromatic N) is 2. The van der Waals surface area contributed by atoms with E-state index in [1.807, 2.05) is 54.6 Å². The van der Waals surface area contributed by atoms with E-state index in [2.05, 4.69) is 22.4 Å². The van der Waals surface area contributed by atoms with Gasteiger partial charge in [0.25, 0.3) is 0 Å². The first-order chi connectivity index (χ1) is 16.5. The van der Waals surface area contributed by atoms with Crippen molar-refractivity contribution in [1.29, 1.82) is 0 Å². The van der Waals surface area contributed by atoms with Crippen LogP contribution in [0.15, 0.2) is 72.9 Å². The van der Waals surface area contributed by atoms with Crippen molar-refractivity contribution in [3.63, 3.8) is 0 Å². The Bertz CT molecular complexity index is 1070. The predicted molar refractivity (Wildman–Crippen MR) is 133 cm³/mol. The van der Waals surface area contributed by atoms with E-state index < -0.39 is 12.1 Å². The fraction of sp³-hybridized carbons (Fsp3) is 0.296. The number of carboxylic acid groups (broad SMARTS) is 1. The fourth-order valence-electron chi connectivity index (χ4n) is 3.59. The van der Waals surface area contributed by atoms with E-state index in [1.54, 1.807) is 25.1 Å². The minimum Gasteiger partial charge on any atom is -0.479 e. The van der Waals surface area contributed by atoms with E-state index in [4.69, 9.17) is 4.74 Å². The lowest BCUT2D eigenvalue weighted by molar-refractivity contribution is -0.149. The predicted octanol–water partition coefficient (Wildman–Crippen LogP) is 4.56. The van der Waals surface area contributed by atoms with E-state index >= 15 is 0 Å². The molecule has 1 heterocycles. The summed E-state index contributed by atoms with van der Waals surface area (Å²) in [7, 11) is 1.74. The molecule has 2 N–H and O–H groups in total. The number of aliphatic carboxylic acids is 1. The third-order valence-electron chi connectivity index (χ3n) is 5.48. The first-order valence-electron chi connectivity index (χ1n) is 11.4. The SMILES string of the molecule is CCOC(Cc1ccc(-c2cccc(N(C)C(=O)NCCCc3ccccc3)c2)nc1)C(=O)O. The molecule has 1 atom stereocenters. The molecule has 178 valence electrons. The fourth-order valence-corrected chi connectivity index (χ4v) is 3.59. The first-order valence-corrected chi connectivity index (χ1v) is 11.4. The second-order valence-corrected chi connectivity index (χ2v) is 7.97. The van der Waals surface area contributed by atoms with Crippen molar-refractivity contribution in [2.45, 2.75) is 32.3 Å². The van der Waals surface area contributed by atoms with Gasteiger partial charge in [0.1, 0.15) is 0 Å². The summed E-state index contributed by atoms with van der Waals surface area (Å²) < 4.78 is 5.27. The lowest BCUT2D eigenvalue weighted by Gasteiger charge is -2.19. The summed E-state index contributed by atoms with van der Waals surface area (Å²) >= 11 is 0. The summed E-state index contributed by atoms with van der Waals surface area (Å²) in [6.07, 6.45) is 2.82. The Morgan fingerprint density at radius 2 is 1.85 bits per heavy atom. The van der Waals surface area contributed by atoms with Crippen molar-refractivity contribution < 1.29 is 19.4 Å². The molecule has 0 bridgehead atoms. The van der Waals surface area contributed by atoms with Gasteiger partial charge < -0.3 is 15.2 Å². The van der Waals surface area contributed by atoms with Crippen LogP contribution >= 0.6 is 0 Å².